The lowest BCUT2D eigenvalue weighted by Crippen LogP contribution is -2.51. The maximum atomic E-state index is 11.7. The van der Waals surface area contributed by atoms with Crippen molar-refractivity contribution in [2.24, 2.45) is 0 Å². The normalized spacial score (nSPS) is 14.9. The molecule has 0 unspecified atom stereocenters. The van der Waals surface area contributed by atoms with Gasteiger partial charge in [-0.15, -0.1) is 0 Å². The second-order valence-corrected chi connectivity index (χ2v) is 4.32. The van der Waals surface area contributed by atoms with Gasteiger partial charge in [0.1, 0.15) is 0 Å². The fourth-order valence-corrected chi connectivity index (χ4v) is 1.97. The lowest BCUT2D eigenvalue weighted by molar-refractivity contribution is -0.130. The molecule has 20 heavy (non-hydrogen) atoms. The highest BCUT2D eigenvalue weighted by Crippen LogP contribution is 2.25. The number of hydrogen-bond donors (Lipinski definition) is 2. The number of nitrogens with zero attached hydrogens (tertiary/aromatic N) is 1. The van der Waals surface area contributed by atoms with Gasteiger partial charge in [0, 0.05) is 0 Å². The van der Waals surface area contributed by atoms with Gasteiger partial charge in [-0.3, -0.25) is 14.9 Å². The number of hydrogen-bond acceptors (Lipinski definition) is 6. The van der Waals surface area contributed by atoms with Crippen molar-refractivity contribution >= 4 is 29.2 Å². The van der Waals surface area contributed by atoms with E-state index >= 15 is 0 Å². The molecule has 3 N–H and O–H groups in total. The molecule has 2 rings (SSSR count). The van der Waals surface area contributed by atoms with Crippen LogP contribution in [0.25, 0.3) is 0 Å². The van der Waals surface area contributed by atoms with Gasteiger partial charge in [-0.1, -0.05) is 0 Å². The summed E-state index contributed by atoms with van der Waals surface area (Å²) in [6, 6.07) is 4.63. The van der Waals surface area contributed by atoms with Gasteiger partial charge in [-0.2, -0.15) is 0 Å². The Labute approximate surface area is 115 Å². The quantitative estimate of drug-likeness (QED) is 0.455. The molecule has 0 bridgehead atoms. The Hall–Kier alpha value is -2.57. The number of rotatable bonds is 3. The smallest absolute Gasteiger partial charge is 0.338 e. The van der Waals surface area contributed by atoms with E-state index < -0.39 is 17.8 Å². The molecule has 2 amide bonds. The Bertz CT molecular complexity index is 555. The average molecular weight is 277 g/mol. The molecule has 7 nitrogen and oxygen atoms in total. The SMILES string of the molecule is CCOC(=O)c1ccc(N)c(N2CC(=O)NC(=O)C2)c1. The van der Waals surface area contributed by atoms with Crippen molar-refractivity contribution in [2.75, 3.05) is 30.3 Å². The van der Waals surface area contributed by atoms with Crippen molar-refractivity contribution in [3.05, 3.63) is 23.8 Å². The zero-order chi connectivity index (χ0) is 14.7. The largest absolute Gasteiger partial charge is 0.462 e. The summed E-state index contributed by atoms with van der Waals surface area (Å²) in [5, 5.41) is 2.20. The van der Waals surface area contributed by atoms with Crippen LogP contribution in [-0.2, 0) is 14.3 Å². The van der Waals surface area contributed by atoms with Crippen molar-refractivity contribution in [3.8, 4) is 0 Å². The lowest BCUT2D eigenvalue weighted by Gasteiger charge is -2.28. The summed E-state index contributed by atoms with van der Waals surface area (Å²) >= 11 is 0. The van der Waals surface area contributed by atoms with Crippen LogP contribution in [0.1, 0.15) is 17.3 Å². The molecule has 1 heterocycles. The minimum absolute atomic E-state index is 0.0161. The average Bonchev–Trinajstić information content (AvgIpc) is 2.38. The predicted molar refractivity (Wildman–Crippen MR) is 72.2 cm³/mol. The number of carbonyl (C=O) groups excluding carboxylic acids is 3. The monoisotopic (exact) mass is 277 g/mol. The third-order valence-corrected chi connectivity index (χ3v) is 2.83. The zero-order valence-corrected chi connectivity index (χ0v) is 11.0. The summed E-state index contributed by atoms with van der Waals surface area (Å²) in [5.74, 6) is -1.27. The van der Waals surface area contributed by atoms with E-state index in [1.54, 1.807) is 19.1 Å². The number of benzene rings is 1. The van der Waals surface area contributed by atoms with Crippen LogP contribution in [0.5, 0.6) is 0 Å². The van der Waals surface area contributed by atoms with Gasteiger partial charge in [-0.25, -0.2) is 4.79 Å². The molecule has 1 saturated heterocycles. The second kappa shape index (κ2) is 5.60. The lowest BCUT2D eigenvalue weighted by atomic mass is 10.1. The van der Waals surface area contributed by atoms with Crippen LogP contribution in [0.3, 0.4) is 0 Å². The molecular formula is C13H15N3O4. The third kappa shape index (κ3) is 2.87. The summed E-state index contributed by atoms with van der Waals surface area (Å²) in [5.41, 5.74) is 7.04. The van der Waals surface area contributed by atoms with Crippen LogP contribution < -0.4 is 16.0 Å². The molecule has 0 spiro atoms. The first kappa shape index (κ1) is 13.9. The highest BCUT2D eigenvalue weighted by molar-refractivity contribution is 6.03. The Morgan fingerprint density at radius 2 is 2.00 bits per heavy atom. The number of piperazine rings is 1. The van der Waals surface area contributed by atoms with Crippen molar-refractivity contribution in [1.29, 1.82) is 0 Å². The summed E-state index contributed by atoms with van der Waals surface area (Å²) in [4.78, 5) is 36.0. The molecule has 106 valence electrons. The number of nitrogens with one attached hydrogen (secondary N) is 1. The molecular weight excluding hydrogens is 262 g/mol. The highest BCUT2D eigenvalue weighted by Gasteiger charge is 2.24. The molecule has 0 aliphatic carbocycles. The van der Waals surface area contributed by atoms with E-state index in [0.29, 0.717) is 16.9 Å². The van der Waals surface area contributed by atoms with Crippen LogP contribution in [0, 0.1) is 0 Å². The summed E-state index contributed by atoms with van der Waals surface area (Å²) in [6.45, 7) is 2.01. The van der Waals surface area contributed by atoms with Crippen LogP contribution in [0.2, 0.25) is 0 Å². The Morgan fingerprint density at radius 3 is 2.60 bits per heavy atom. The fourth-order valence-electron chi connectivity index (χ4n) is 1.97. The van der Waals surface area contributed by atoms with E-state index in [1.807, 2.05) is 0 Å². The van der Waals surface area contributed by atoms with Crippen LogP contribution >= 0.6 is 0 Å². The topological polar surface area (TPSA) is 102 Å². The first-order chi connectivity index (χ1) is 9.51. The standard InChI is InChI=1S/C13H15N3O4/c1-2-20-13(19)8-3-4-9(14)10(5-8)16-6-11(17)15-12(18)7-16/h3-5H,2,6-7,14H2,1H3,(H,15,17,18). The number of nitrogen functional groups attached to an aromatic ring is 1. The molecule has 0 saturated carbocycles. The van der Waals surface area contributed by atoms with E-state index in [9.17, 15) is 14.4 Å². The van der Waals surface area contributed by atoms with E-state index in [1.165, 1.54) is 11.0 Å². The molecule has 0 aromatic heterocycles. The van der Waals surface area contributed by atoms with Gasteiger partial charge in [0.2, 0.25) is 11.8 Å². The zero-order valence-electron chi connectivity index (χ0n) is 11.0. The van der Waals surface area contributed by atoms with Crippen molar-refractivity contribution in [1.82, 2.24) is 5.32 Å². The number of nitrogens with two attached hydrogens (primary N) is 1. The first-order valence-corrected chi connectivity index (χ1v) is 6.15. The number of amides is 2. The van der Waals surface area contributed by atoms with E-state index in [4.69, 9.17) is 10.5 Å². The van der Waals surface area contributed by atoms with Crippen LogP contribution in [0.4, 0.5) is 11.4 Å². The Balaban J connectivity index is 2.30. The maximum Gasteiger partial charge on any atom is 0.338 e. The molecule has 0 atom stereocenters. The number of esters is 1. The van der Waals surface area contributed by atoms with Gasteiger partial charge in [-0.05, 0) is 25.1 Å². The van der Waals surface area contributed by atoms with Crippen molar-refractivity contribution in [2.45, 2.75) is 6.92 Å². The fraction of sp³-hybridized carbons (Fsp3) is 0.308. The molecule has 1 aliphatic heterocycles. The Morgan fingerprint density at radius 1 is 1.35 bits per heavy atom. The summed E-state index contributed by atoms with van der Waals surface area (Å²) in [7, 11) is 0. The molecule has 7 heteroatoms. The number of carbonyl (C=O) groups is 3. The van der Waals surface area contributed by atoms with E-state index in [2.05, 4.69) is 5.32 Å². The van der Waals surface area contributed by atoms with Crippen LogP contribution in [-0.4, -0.2) is 37.5 Å². The predicted octanol–water partition coefficient (Wildman–Crippen LogP) is -0.0917. The molecule has 1 aromatic carbocycles. The van der Waals surface area contributed by atoms with E-state index in [-0.39, 0.29) is 19.7 Å². The van der Waals surface area contributed by atoms with E-state index in [0.717, 1.165) is 0 Å². The van der Waals surface area contributed by atoms with Gasteiger partial charge in [0.15, 0.2) is 0 Å². The van der Waals surface area contributed by atoms with Gasteiger partial charge in [0.25, 0.3) is 0 Å². The first-order valence-electron chi connectivity index (χ1n) is 6.15. The minimum Gasteiger partial charge on any atom is -0.462 e. The third-order valence-electron chi connectivity index (χ3n) is 2.83. The number of ether oxygens (including phenoxy) is 1. The van der Waals surface area contributed by atoms with Crippen molar-refractivity contribution < 1.29 is 19.1 Å². The van der Waals surface area contributed by atoms with Gasteiger partial charge < -0.3 is 15.4 Å². The molecule has 1 aliphatic rings. The molecule has 0 radical (unpaired) electrons. The molecule has 1 aromatic rings. The number of anilines is 2. The van der Waals surface area contributed by atoms with Gasteiger partial charge >= 0.3 is 5.97 Å². The Kier molecular flexibility index (Phi) is 3.88. The highest BCUT2D eigenvalue weighted by atomic mass is 16.5. The van der Waals surface area contributed by atoms with Crippen molar-refractivity contribution in [3.63, 3.8) is 0 Å². The second-order valence-electron chi connectivity index (χ2n) is 4.32. The molecule has 1 fully saturated rings. The summed E-state index contributed by atoms with van der Waals surface area (Å²) < 4.78 is 4.91. The minimum atomic E-state index is -0.471. The summed E-state index contributed by atoms with van der Waals surface area (Å²) in [6.07, 6.45) is 0. The maximum absolute atomic E-state index is 11.7. The van der Waals surface area contributed by atoms with Crippen LogP contribution in [0.15, 0.2) is 18.2 Å². The number of imide groups is 1. The van der Waals surface area contributed by atoms with Gasteiger partial charge in [0.05, 0.1) is 36.6 Å².